The van der Waals surface area contributed by atoms with Gasteiger partial charge in [-0.1, -0.05) is 23.9 Å². The SMILES string of the molecule is COc1ccccc1NC(=O)Cn1c(SC)nc(C)cc1=O. The number of carbonyl (C=O) groups is 1. The maximum atomic E-state index is 12.2. The van der Waals surface area contributed by atoms with Crippen molar-refractivity contribution in [1.82, 2.24) is 9.55 Å². The number of hydrogen-bond acceptors (Lipinski definition) is 5. The zero-order valence-corrected chi connectivity index (χ0v) is 13.4. The van der Waals surface area contributed by atoms with Crippen molar-refractivity contribution in [3.8, 4) is 5.75 Å². The Hall–Kier alpha value is -2.28. The number of anilines is 1. The number of nitrogens with zero attached hydrogens (tertiary/aromatic N) is 2. The third-order valence-electron chi connectivity index (χ3n) is 2.97. The van der Waals surface area contributed by atoms with E-state index < -0.39 is 0 Å². The summed E-state index contributed by atoms with van der Waals surface area (Å²) in [6.45, 7) is 1.65. The molecule has 0 aliphatic rings. The molecule has 1 aromatic heterocycles. The normalized spacial score (nSPS) is 10.3. The van der Waals surface area contributed by atoms with E-state index in [1.54, 1.807) is 25.1 Å². The standard InChI is InChI=1S/C15H17N3O3S/c1-10-8-14(20)18(15(16-10)22-3)9-13(19)17-11-6-4-5-7-12(11)21-2/h4-8H,9H2,1-3H3,(H,17,19). The highest BCUT2D eigenvalue weighted by molar-refractivity contribution is 7.98. The second-order valence-electron chi connectivity index (χ2n) is 4.56. The lowest BCUT2D eigenvalue weighted by atomic mass is 10.3. The fourth-order valence-corrected chi connectivity index (χ4v) is 2.59. The first-order valence-corrected chi connectivity index (χ1v) is 7.83. The number of hydrogen-bond donors (Lipinski definition) is 1. The van der Waals surface area contributed by atoms with Crippen LogP contribution in [0.5, 0.6) is 5.75 Å². The zero-order chi connectivity index (χ0) is 16.1. The molecule has 0 spiro atoms. The van der Waals surface area contributed by atoms with Crippen LogP contribution in [0.1, 0.15) is 5.69 Å². The fraction of sp³-hybridized carbons (Fsp3) is 0.267. The summed E-state index contributed by atoms with van der Waals surface area (Å²) < 4.78 is 6.53. The van der Waals surface area contributed by atoms with Crippen molar-refractivity contribution in [3.63, 3.8) is 0 Å². The van der Waals surface area contributed by atoms with E-state index in [4.69, 9.17) is 4.74 Å². The summed E-state index contributed by atoms with van der Waals surface area (Å²) in [6, 6.07) is 8.51. The van der Waals surface area contributed by atoms with Crippen LogP contribution in [0.3, 0.4) is 0 Å². The van der Waals surface area contributed by atoms with Crippen molar-refractivity contribution in [2.45, 2.75) is 18.6 Å². The highest BCUT2D eigenvalue weighted by atomic mass is 32.2. The second-order valence-corrected chi connectivity index (χ2v) is 5.33. The van der Waals surface area contributed by atoms with Gasteiger partial charge in [0.25, 0.3) is 5.56 Å². The van der Waals surface area contributed by atoms with Gasteiger partial charge < -0.3 is 10.1 Å². The summed E-state index contributed by atoms with van der Waals surface area (Å²) in [5.74, 6) is 0.253. The van der Waals surface area contributed by atoms with Crippen molar-refractivity contribution >= 4 is 23.4 Å². The van der Waals surface area contributed by atoms with Gasteiger partial charge in [0.2, 0.25) is 5.91 Å². The smallest absolute Gasteiger partial charge is 0.254 e. The Morgan fingerprint density at radius 3 is 2.82 bits per heavy atom. The number of methoxy groups -OCH3 is 1. The molecular formula is C15H17N3O3S. The molecule has 0 saturated heterocycles. The zero-order valence-electron chi connectivity index (χ0n) is 12.6. The average Bonchev–Trinajstić information content (AvgIpc) is 2.50. The molecule has 1 heterocycles. The number of thioether (sulfide) groups is 1. The minimum atomic E-state index is -0.312. The number of aromatic nitrogens is 2. The van der Waals surface area contributed by atoms with Gasteiger partial charge in [-0.25, -0.2) is 4.98 Å². The molecule has 1 N–H and O–H groups in total. The number of carbonyl (C=O) groups excluding carboxylic acids is 1. The number of rotatable bonds is 5. The second kappa shape index (κ2) is 7.13. The van der Waals surface area contributed by atoms with Crippen molar-refractivity contribution in [3.05, 3.63) is 46.4 Å². The summed E-state index contributed by atoms with van der Waals surface area (Å²) >= 11 is 1.33. The van der Waals surface area contributed by atoms with Crippen LogP contribution in [0, 0.1) is 6.92 Å². The number of ether oxygens (including phenoxy) is 1. The average molecular weight is 319 g/mol. The predicted molar refractivity (Wildman–Crippen MR) is 86.6 cm³/mol. The van der Waals surface area contributed by atoms with Crippen LogP contribution >= 0.6 is 11.8 Å². The van der Waals surface area contributed by atoms with Crippen LogP contribution in [-0.4, -0.2) is 28.8 Å². The maximum Gasteiger partial charge on any atom is 0.254 e. The summed E-state index contributed by atoms with van der Waals surface area (Å²) in [5.41, 5.74) is 0.955. The maximum absolute atomic E-state index is 12.2. The number of benzene rings is 1. The molecule has 0 atom stereocenters. The van der Waals surface area contributed by atoms with Crippen LogP contribution < -0.4 is 15.6 Å². The Morgan fingerprint density at radius 2 is 2.14 bits per heavy atom. The molecular weight excluding hydrogens is 302 g/mol. The van der Waals surface area contributed by atoms with Gasteiger partial charge in [0.15, 0.2) is 5.16 Å². The quantitative estimate of drug-likeness (QED) is 0.673. The molecule has 1 amide bonds. The van der Waals surface area contributed by atoms with Gasteiger partial charge in [-0.3, -0.25) is 14.2 Å². The first kappa shape index (κ1) is 16.1. The number of para-hydroxylation sites is 2. The Morgan fingerprint density at radius 1 is 1.41 bits per heavy atom. The van der Waals surface area contributed by atoms with E-state index in [2.05, 4.69) is 10.3 Å². The molecule has 0 fully saturated rings. The van der Waals surface area contributed by atoms with E-state index in [1.807, 2.05) is 12.3 Å². The molecule has 7 heteroatoms. The number of amides is 1. The van der Waals surface area contributed by atoms with E-state index in [9.17, 15) is 9.59 Å². The van der Waals surface area contributed by atoms with Crippen molar-refractivity contribution in [1.29, 1.82) is 0 Å². The lowest BCUT2D eigenvalue weighted by Gasteiger charge is -2.12. The topological polar surface area (TPSA) is 73.2 Å². The van der Waals surface area contributed by atoms with Gasteiger partial charge in [0, 0.05) is 11.8 Å². The molecule has 1 aromatic carbocycles. The van der Waals surface area contributed by atoms with Gasteiger partial charge in [0.1, 0.15) is 12.3 Å². The van der Waals surface area contributed by atoms with Crippen LogP contribution in [0.4, 0.5) is 5.69 Å². The fourth-order valence-electron chi connectivity index (χ4n) is 1.98. The van der Waals surface area contributed by atoms with Gasteiger partial charge >= 0.3 is 0 Å². The van der Waals surface area contributed by atoms with E-state index in [0.717, 1.165) is 0 Å². The van der Waals surface area contributed by atoms with E-state index >= 15 is 0 Å². The van der Waals surface area contributed by atoms with Crippen molar-refractivity contribution in [2.24, 2.45) is 0 Å². The minimum Gasteiger partial charge on any atom is -0.495 e. The van der Waals surface area contributed by atoms with Crippen molar-refractivity contribution < 1.29 is 9.53 Å². The van der Waals surface area contributed by atoms with Crippen LogP contribution in [-0.2, 0) is 11.3 Å². The Bertz CT molecular complexity index is 743. The molecule has 22 heavy (non-hydrogen) atoms. The largest absolute Gasteiger partial charge is 0.495 e. The Labute approximate surface area is 132 Å². The lowest BCUT2D eigenvalue weighted by Crippen LogP contribution is -2.29. The molecule has 0 unspecified atom stereocenters. The van der Waals surface area contributed by atoms with Crippen LogP contribution in [0.15, 0.2) is 40.3 Å². The summed E-state index contributed by atoms with van der Waals surface area (Å²) in [4.78, 5) is 28.5. The Kier molecular flexibility index (Phi) is 5.21. The highest BCUT2D eigenvalue weighted by Gasteiger charge is 2.12. The molecule has 0 saturated carbocycles. The van der Waals surface area contributed by atoms with E-state index in [-0.39, 0.29) is 18.0 Å². The monoisotopic (exact) mass is 319 g/mol. The molecule has 2 aromatic rings. The van der Waals surface area contributed by atoms with E-state index in [1.165, 1.54) is 29.5 Å². The first-order valence-electron chi connectivity index (χ1n) is 6.60. The first-order chi connectivity index (χ1) is 10.5. The number of nitrogens with one attached hydrogen (secondary N) is 1. The van der Waals surface area contributed by atoms with Gasteiger partial charge in [-0.05, 0) is 25.3 Å². The lowest BCUT2D eigenvalue weighted by molar-refractivity contribution is -0.116. The molecule has 0 aliphatic carbocycles. The third kappa shape index (κ3) is 3.67. The minimum absolute atomic E-state index is 0.0969. The molecule has 2 rings (SSSR count). The highest BCUT2D eigenvalue weighted by Crippen LogP contribution is 2.23. The summed E-state index contributed by atoms with van der Waals surface area (Å²) in [5, 5.41) is 3.26. The van der Waals surface area contributed by atoms with Gasteiger partial charge in [-0.15, -0.1) is 0 Å². The van der Waals surface area contributed by atoms with Crippen LogP contribution in [0.25, 0.3) is 0 Å². The molecule has 6 nitrogen and oxygen atoms in total. The van der Waals surface area contributed by atoms with Crippen LogP contribution in [0.2, 0.25) is 0 Å². The summed E-state index contributed by atoms with van der Waals surface area (Å²) in [7, 11) is 1.53. The van der Waals surface area contributed by atoms with E-state index in [0.29, 0.717) is 22.3 Å². The third-order valence-corrected chi connectivity index (χ3v) is 3.64. The molecule has 0 radical (unpaired) electrons. The number of aryl methyl sites for hydroxylation is 1. The molecule has 116 valence electrons. The van der Waals surface area contributed by atoms with Gasteiger partial charge in [-0.2, -0.15) is 0 Å². The molecule has 0 bridgehead atoms. The molecule has 0 aliphatic heterocycles. The Balaban J connectivity index is 2.21. The van der Waals surface area contributed by atoms with Gasteiger partial charge in [0.05, 0.1) is 12.8 Å². The summed E-state index contributed by atoms with van der Waals surface area (Å²) in [6.07, 6.45) is 1.82. The predicted octanol–water partition coefficient (Wildman–Crippen LogP) is 1.92. The van der Waals surface area contributed by atoms with Crippen molar-refractivity contribution in [2.75, 3.05) is 18.7 Å².